The Morgan fingerprint density at radius 2 is 2.00 bits per heavy atom. The lowest BCUT2D eigenvalue weighted by Gasteiger charge is -2.21. The maximum Gasteiger partial charge on any atom is 0.0236 e. The average Bonchev–Trinajstić information content (AvgIpc) is 2.63. The van der Waals surface area contributed by atoms with Crippen molar-refractivity contribution in [1.82, 2.24) is 4.90 Å². The van der Waals surface area contributed by atoms with E-state index in [0.29, 0.717) is 12.0 Å². The van der Waals surface area contributed by atoms with Crippen molar-refractivity contribution in [2.75, 3.05) is 13.1 Å². The highest BCUT2D eigenvalue weighted by Crippen LogP contribution is 2.23. The molecule has 2 heteroatoms. The van der Waals surface area contributed by atoms with Crippen LogP contribution in [0.2, 0.25) is 0 Å². The zero-order valence-corrected chi connectivity index (χ0v) is 10.3. The first-order valence-electron chi connectivity index (χ1n) is 6.18. The predicted octanol–water partition coefficient (Wildman–Crippen LogP) is 2.16. The Bertz CT molecular complexity index is 331. The molecule has 1 heterocycles. The molecule has 1 fully saturated rings. The van der Waals surface area contributed by atoms with Gasteiger partial charge >= 0.3 is 0 Å². The molecule has 0 amide bonds. The van der Waals surface area contributed by atoms with Gasteiger partial charge in [0.05, 0.1) is 0 Å². The molecule has 1 aliphatic rings. The van der Waals surface area contributed by atoms with E-state index in [1.807, 2.05) is 0 Å². The normalized spacial score (nSPS) is 26.2. The van der Waals surface area contributed by atoms with Crippen LogP contribution in [0.5, 0.6) is 0 Å². The second-order valence-electron chi connectivity index (χ2n) is 5.10. The summed E-state index contributed by atoms with van der Waals surface area (Å²) < 4.78 is 0. The molecule has 88 valence electrons. The van der Waals surface area contributed by atoms with Crippen molar-refractivity contribution in [3.8, 4) is 0 Å². The highest BCUT2D eigenvalue weighted by Gasteiger charge is 2.27. The molecule has 1 aromatic carbocycles. The van der Waals surface area contributed by atoms with E-state index < -0.39 is 0 Å². The van der Waals surface area contributed by atoms with Crippen LogP contribution in [-0.4, -0.2) is 24.0 Å². The lowest BCUT2D eigenvalue weighted by Crippen LogP contribution is -2.27. The van der Waals surface area contributed by atoms with Crippen LogP contribution < -0.4 is 5.73 Å². The molecule has 2 rings (SSSR count). The number of benzene rings is 1. The molecule has 1 aliphatic heterocycles. The number of likely N-dealkylation sites (tertiary alicyclic amines) is 1. The van der Waals surface area contributed by atoms with Gasteiger partial charge in [-0.2, -0.15) is 0 Å². The van der Waals surface area contributed by atoms with E-state index in [1.165, 1.54) is 17.5 Å². The number of hydrogen-bond acceptors (Lipinski definition) is 2. The van der Waals surface area contributed by atoms with Crippen LogP contribution in [0, 0.1) is 12.8 Å². The molecular formula is C14H22N2. The summed E-state index contributed by atoms with van der Waals surface area (Å²) in [4.78, 5) is 2.54. The maximum atomic E-state index is 5.74. The van der Waals surface area contributed by atoms with E-state index in [9.17, 15) is 0 Å². The van der Waals surface area contributed by atoms with Crippen LogP contribution in [0.15, 0.2) is 24.3 Å². The van der Waals surface area contributed by atoms with Crippen molar-refractivity contribution in [3.63, 3.8) is 0 Å². The van der Waals surface area contributed by atoms with E-state index in [2.05, 4.69) is 43.0 Å². The van der Waals surface area contributed by atoms with Gasteiger partial charge in [-0.1, -0.05) is 29.8 Å². The number of aryl methyl sites for hydroxylation is 1. The van der Waals surface area contributed by atoms with E-state index in [-0.39, 0.29) is 0 Å². The van der Waals surface area contributed by atoms with Gasteiger partial charge in [0.1, 0.15) is 0 Å². The lowest BCUT2D eigenvalue weighted by molar-refractivity contribution is 0.256. The highest BCUT2D eigenvalue weighted by molar-refractivity contribution is 5.21. The Labute approximate surface area is 98.4 Å². The minimum absolute atomic E-state index is 0.676. The number of nitrogens with zero attached hydrogens (tertiary/aromatic N) is 1. The second kappa shape index (κ2) is 4.98. The molecule has 0 spiro atoms. The third-order valence-corrected chi connectivity index (χ3v) is 3.63. The topological polar surface area (TPSA) is 29.3 Å². The molecule has 1 saturated heterocycles. The minimum atomic E-state index is 0.676. The second-order valence-corrected chi connectivity index (χ2v) is 5.10. The van der Waals surface area contributed by atoms with Gasteiger partial charge in [0.25, 0.3) is 0 Å². The van der Waals surface area contributed by atoms with Crippen molar-refractivity contribution in [2.24, 2.45) is 11.7 Å². The van der Waals surface area contributed by atoms with Gasteiger partial charge in [0.2, 0.25) is 0 Å². The molecule has 0 aromatic heterocycles. The predicted molar refractivity (Wildman–Crippen MR) is 68.2 cm³/mol. The highest BCUT2D eigenvalue weighted by atomic mass is 15.2. The molecule has 1 aromatic rings. The molecule has 16 heavy (non-hydrogen) atoms. The average molecular weight is 218 g/mol. The molecule has 0 aliphatic carbocycles. The third kappa shape index (κ3) is 2.63. The van der Waals surface area contributed by atoms with Gasteiger partial charge in [-0.05, 0) is 38.3 Å². The van der Waals surface area contributed by atoms with Crippen LogP contribution in [0.1, 0.15) is 24.5 Å². The fourth-order valence-corrected chi connectivity index (χ4v) is 2.54. The standard InChI is InChI=1S/C14H22N2/c1-11-3-5-13(6-4-11)9-16-10-14(8-15)7-12(16)2/h3-6,12,14H,7-10,15H2,1-2H3. The van der Waals surface area contributed by atoms with Gasteiger partial charge in [0.15, 0.2) is 0 Å². The summed E-state index contributed by atoms with van der Waals surface area (Å²) in [6, 6.07) is 9.53. The van der Waals surface area contributed by atoms with Crippen LogP contribution in [0.25, 0.3) is 0 Å². The zero-order valence-electron chi connectivity index (χ0n) is 10.3. The van der Waals surface area contributed by atoms with Gasteiger partial charge in [-0.25, -0.2) is 0 Å². The smallest absolute Gasteiger partial charge is 0.0236 e. The van der Waals surface area contributed by atoms with Gasteiger partial charge in [0, 0.05) is 19.1 Å². The largest absolute Gasteiger partial charge is 0.330 e. The maximum absolute atomic E-state index is 5.74. The van der Waals surface area contributed by atoms with E-state index in [0.717, 1.165) is 19.6 Å². The summed E-state index contributed by atoms with van der Waals surface area (Å²) in [5.41, 5.74) is 8.49. The SMILES string of the molecule is Cc1ccc(CN2CC(CN)CC2C)cc1. The summed E-state index contributed by atoms with van der Waals surface area (Å²) in [5, 5.41) is 0. The van der Waals surface area contributed by atoms with Crippen molar-refractivity contribution < 1.29 is 0 Å². The van der Waals surface area contributed by atoms with Crippen LogP contribution in [0.4, 0.5) is 0 Å². The third-order valence-electron chi connectivity index (χ3n) is 3.63. The molecule has 2 N–H and O–H groups in total. The first-order chi connectivity index (χ1) is 7.69. The van der Waals surface area contributed by atoms with Crippen LogP contribution >= 0.6 is 0 Å². The fourth-order valence-electron chi connectivity index (χ4n) is 2.54. The Morgan fingerprint density at radius 3 is 2.56 bits per heavy atom. The quantitative estimate of drug-likeness (QED) is 0.842. The summed E-state index contributed by atoms with van der Waals surface area (Å²) >= 11 is 0. The summed E-state index contributed by atoms with van der Waals surface area (Å²) in [5.74, 6) is 0.695. The molecule has 0 bridgehead atoms. The Hall–Kier alpha value is -0.860. The Balaban J connectivity index is 1.97. The van der Waals surface area contributed by atoms with Crippen molar-refractivity contribution in [3.05, 3.63) is 35.4 Å². The van der Waals surface area contributed by atoms with E-state index in [4.69, 9.17) is 5.73 Å². The van der Waals surface area contributed by atoms with Gasteiger partial charge < -0.3 is 5.73 Å². The number of nitrogens with two attached hydrogens (primary N) is 1. The molecule has 2 atom stereocenters. The van der Waals surface area contributed by atoms with Crippen molar-refractivity contribution in [1.29, 1.82) is 0 Å². The molecule has 2 unspecified atom stereocenters. The van der Waals surface area contributed by atoms with Crippen molar-refractivity contribution in [2.45, 2.75) is 32.9 Å². The molecule has 0 saturated carbocycles. The summed E-state index contributed by atoms with van der Waals surface area (Å²) in [7, 11) is 0. The van der Waals surface area contributed by atoms with Gasteiger partial charge in [-0.3, -0.25) is 4.90 Å². The first-order valence-corrected chi connectivity index (χ1v) is 6.18. The monoisotopic (exact) mass is 218 g/mol. The van der Waals surface area contributed by atoms with E-state index >= 15 is 0 Å². The lowest BCUT2D eigenvalue weighted by atomic mass is 10.1. The molecular weight excluding hydrogens is 196 g/mol. The van der Waals surface area contributed by atoms with Crippen molar-refractivity contribution >= 4 is 0 Å². The number of hydrogen-bond donors (Lipinski definition) is 1. The Morgan fingerprint density at radius 1 is 1.31 bits per heavy atom. The van der Waals surface area contributed by atoms with Crippen LogP contribution in [-0.2, 0) is 6.54 Å². The molecule has 2 nitrogen and oxygen atoms in total. The fraction of sp³-hybridized carbons (Fsp3) is 0.571. The molecule has 0 radical (unpaired) electrons. The van der Waals surface area contributed by atoms with E-state index in [1.54, 1.807) is 0 Å². The Kier molecular flexibility index (Phi) is 3.62. The number of rotatable bonds is 3. The summed E-state index contributed by atoms with van der Waals surface area (Å²) in [6.07, 6.45) is 1.25. The van der Waals surface area contributed by atoms with Gasteiger partial charge in [-0.15, -0.1) is 0 Å². The summed E-state index contributed by atoms with van der Waals surface area (Å²) in [6.45, 7) is 7.49. The van der Waals surface area contributed by atoms with Crippen LogP contribution in [0.3, 0.4) is 0 Å². The zero-order chi connectivity index (χ0) is 11.5. The first kappa shape index (κ1) is 11.6. The minimum Gasteiger partial charge on any atom is -0.330 e.